The van der Waals surface area contributed by atoms with Crippen LogP contribution in [0.1, 0.15) is 34.3 Å². The van der Waals surface area contributed by atoms with E-state index in [9.17, 15) is 4.79 Å². The van der Waals surface area contributed by atoms with Crippen LogP contribution < -0.4 is 5.73 Å². The van der Waals surface area contributed by atoms with Gasteiger partial charge < -0.3 is 15.7 Å². The maximum Gasteiger partial charge on any atom is 0.254 e. The number of nitrogens with two attached hydrogens (primary N) is 1. The van der Waals surface area contributed by atoms with Crippen molar-refractivity contribution >= 4 is 5.91 Å². The van der Waals surface area contributed by atoms with Crippen LogP contribution in [0.2, 0.25) is 0 Å². The second-order valence-electron chi connectivity index (χ2n) is 4.99. The number of aliphatic hydroxyl groups is 1. The van der Waals surface area contributed by atoms with Crippen molar-refractivity contribution in [3.05, 3.63) is 34.9 Å². The summed E-state index contributed by atoms with van der Waals surface area (Å²) in [5.74, 6) is 5.77. The summed E-state index contributed by atoms with van der Waals surface area (Å²) in [7, 11) is 0. The van der Waals surface area contributed by atoms with Gasteiger partial charge in [0.25, 0.3) is 5.91 Å². The van der Waals surface area contributed by atoms with E-state index in [1.807, 2.05) is 25.1 Å². The smallest absolute Gasteiger partial charge is 0.254 e. The Morgan fingerprint density at radius 3 is 2.85 bits per heavy atom. The third kappa shape index (κ3) is 3.38. The standard InChI is InChI=1S/C16H20N2O2/c1-12-4-5-14(11-13(12)3-2-8-17)16(20)18(9-10-19)15-6-7-15/h4-5,11,15,19H,6-10,17H2,1H3. The first-order valence-corrected chi connectivity index (χ1v) is 6.88. The molecule has 1 aliphatic carbocycles. The normalized spacial score (nSPS) is 13.6. The highest BCUT2D eigenvalue weighted by atomic mass is 16.3. The van der Waals surface area contributed by atoms with Gasteiger partial charge in [0.1, 0.15) is 0 Å². The van der Waals surface area contributed by atoms with Gasteiger partial charge in [0.05, 0.1) is 13.2 Å². The van der Waals surface area contributed by atoms with Crippen LogP contribution >= 0.6 is 0 Å². The molecule has 0 unspecified atom stereocenters. The zero-order valence-electron chi connectivity index (χ0n) is 11.7. The van der Waals surface area contributed by atoms with Crippen LogP contribution in [-0.4, -0.2) is 41.7 Å². The van der Waals surface area contributed by atoms with Crippen molar-refractivity contribution < 1.29 is 9.90 Å². The Balaban J connectivity index is 2.24. The van der Waals surface area contributed by atoms with E-state index in [1.54, 1.807) is 4.90 Å². The molecule has 1 fully saturated rings. The molecule has 0 heterocycles. The van der Waals surface area contributed by atoms with Crippen molar-refractivity contribution in [2.45, 2.75) is 25.8 Å². The number of benzene rings is 1. The Labute approximate surface area is 119 Å². The number of carbonyl (C=O) groups excluding carboxylic acids is 1. The van der Waals surface area contributed by atoms with Gasteiger partial charge in [-0.2, -0.15) is 0 Å². The van der Waals surface area contributed by atoms with Crippen LogP contribution in [0.15, 0.2) is 18.2 Å². The summed E-state index contributed by atoms with van der Waals surface area (Å²) in [6.45, 7) is 2.65. The minimum absolute atomic E-state index is 0.00601. The summed E-state index contributed by atoms with van der Waals surface area (Å²) in [4.78, 5) is 14.3. The molecule has 1 amide bonds. The number of aryl methyl sites for hydroxylation is 1. The number of aliphatic hydroxyl groups excluding tert-OH is 1. The Morgan fingerprint density at radius 1 is 1.50 bits per heavy atom. The van der Waals surface area contributed by atoms with E-state index in [-0.39, 0.29) is 18.6 Å². The monoisotopic (exact) mass is 272 g/mol. The average Bonchev–Trinajstić information content (AvgIpc) is 3.27. The van der Waals surface area contributed by atoms with Gasteiger partial charge in [0, 0.05) is 23.7 Å². The van der Waals surface area contributed by atoms with Crippen LogP contribution in [0.5, 0.6) is 0 Å². The third-order valence-corrected chi connectivity index (χ3v) is 3.40. The van der Waals surface area contributed by atoms with E-state index >= 15 is 0 Å². The quantitative estimate of drug-likeness (QED) is 0.800. The summed E-state index contributed by atoms with van der Waals surface area (Å²) in [5, 5.41) is 9.09. The topological polar surface area (TPSA) is 66.6 Å². The lowest BCUT2D eigenvalue weighted by molar-refractivity contribution is 0.0707. The first-order valence-electron chi connectivity index (χ1n) is 6.88. The summed E-state index contributed by atoms with van der Waals surface area (Å²) in [6.07, 6.45) is 2.05. The Hall–Kier alpha value is -1.83. The predicted molar refractivity (Wildman–Crippen MR) is 78.3 cm³/mol. The molecule has 1 saturated carbocycles. The minimum Gasteiger partial charge on any atom is -0.395 e. The van der Waals surface area contributed by atoms with Crippen LogP contribution in [0.25, 0.3) is 0 Å². The van der Waals surface area contributed by atoms with Crippen LogP contribution in [0.3, 0.4) is 0 Å². The summed E-state index contributed by atoms with van der Waals surface area (Å²) in [6, 6.07) is 5.82. The maximum atomic E-state index is 12.5. The number of rotatable bonds is 4. The SMILES string of the molecule is Cc1ccc(C(=O)N(CCO)C2CC2)cc1C#CCN. The van der Waals surface area contributed by atoms with Crippen LogP contribution in [-0.2, 0) is 0 Å². The first-order chi connectivity index (χ1) is 9.67. The molecule has 0 radical (unpaired) electrons. The number of hydrogen-bond donors (Lipinski definition) is 2. The molecule has 4 nitrogen and oxygen atoms in total. The number of nitrogens with zero attached hydrogens (tertiary/aromatic N) is 1. The van der Waals surface area contributed by atoms with Gasteiger partial charge in [-0.3, -0.25) is 4.79 Å². The average molecular weight is 272 g/mol. The first kappa shape index (κ1) is 14.6. The lowest BCUT2D eigenvalue weighted by Gasteiger charge is -2.21. The summed E-state index contributed by atoms with van der Waals surface area (Å²) < 4.78 is 0. The van der Waals surface area contributed by atoms with Crippen molar-refractivity contribution in [1.29, 1.82) is 0 Å². The van der Waals surface area contributed by atoms with Crippen molar-refractivity contribution in [3.63, 3.8) is 0 Å². The van der Waals surface area contributed by atoms with Crippen molar-refractivity contribution in [1.82, 2.24) is 4.90 Å². The molecule has 4 heteroatoms. The van der Waals surface area contributed by atoms with Crippen LogP contribution in [0, 0.1) is 18.8 Å². The van der Waals surface area contributed by atoms with Gasteiger partial charge in [-0.25, -0.2) is 0 Å². The second-order valence-corrected chi connectivity index (χ2v) is 4.99. The zero-order chi connectivity index (χ0) is 14.5. The molecule has 0 atom stereocenters. The molecule has 0 bridgehead atoms. The molecular formula is C16H20N2O2. The fraction of sp³-hybridized carbons (Fsp3) is 0.438. The number of amides is 1. The fourth-order valence-corrected chi connectivity index (χ4v) is 2.15. The van der Waals surface area contributed by atoms with Gasteiger partial charge in [-0.15, -0.1) is 0 Å². The lowest BCUT2D eigenvalue weighted by Crippen LogP contribution is -2.35. The molecule has 3 N–H and O–H groups in total. The van der Waals surface area contributed by atoms with E-state index in [2.05, 4.69) is 11.8 Å². The molecule has 0 aromatic heterocycles. The maximum absolute atomic E-state index is 12.5. The lowest BCUT2D eigenvalue weighted by atomic mass is 10.0. The van der Waals surface area contributed by atoms with Crippen molar-refractivity contribution in [3.8, 4) is 11.8 Å². The van der Waals surface area contributed by atoms with E-state index < -0.39 is 0 Å². The van der Waals surface area contributed by atoms with E-state index in [0.29, 0.717) is 18.7 Å². The van der Waals surface area contributed by atoms with Gasteiger partial charge in [-0.1, -0.05) is 17.9 Å². The molecule has 0 spiro atoms. The highest BCUT2D eigenvalue weighted by Crippen LogP contribution is 2.28. The van der Waals surface area contributed by atoms with Crippen molar-refractivity contribution in [2.75, 3.05) is 19.7 Å². The fourth-order valence-electron chi connectivity index (χ4n) is 2.15. The molecule has 1 aromatic carbocycles. The largest absolute Gasteiger partial charge is 0.395 e. The van der Waals surface area contributed by atoms with Crippen LogP contribution in [0.4, 0.5) is 0 Å². The third-order valence-electron chi connectivity index (χ3n) is 3.40. The summed E-state index contributed by atoms with van der Waals surface area (Å²) >= 11 is 0. The van der Waals surface area contributed by atoms with Gasteiger partial charge in [-0.05, 0) is 37.5 Å². The van der Waals surface area contributed by atoms with E-state index in [1.165, 1.54) is 0 Å². The summed E-state index contributed by atoms with van der Waals surface area (Å²) in [5.41, 5.74) is 7.87. The molecule has 1 aromatic rings. The second kappa shape index (κ2) is 6.56. The Morgan fingerprint density at radius 2 is 2.25 bits per heavy atom. The number of hydrogen-bond acceptors (Lipinski definition) is 3. The van der Waals surface area contributed by atoms with Crippen molar-refractivity contribution in [2.24, 2.45) is 5.73 Å². The highest BCUT2D eigenvalue weighted by molar-refractivity contribution is 5.95. The molecule has 2 rings (SSSR count). The van der Waals surface area contributed by atoms with E-state index in [4.69, 9.17) is 10.8 Å². The van der Waals surface area contributed by atoms with E-state index in [0.717, 1.165) is 24.0 Å². The Kier molecular flexibility index (Phi) is 4.78. The highest BCUT2D eigenvalue weighted by Gasteiger charge is 2.32. The molecule has 0 saturated heterocycles. The molecule has 106 valence electrons. The number of carbonyl (C=O) groups is 1. The van der Waals surface area contributed by atoms with Gasteiger partial charge >= 0.3 is 0 Å². The molecule has 20 heavy (non-hydrogen) atoms. The molecule has 1 aliphatic rings. The Bertz CT molecular complexity index is 553. The van der Waals surface area contributed by atoms with Gasteiger partial charge in [0.2, 0.25) is 0 Å². The molecular weight excluding hydrogens is 252 g/mol. The molecule has 0 aliphatic heterocycles. The minimum atomic E-state index is -0.0302. The zero-order valence-corrected chi connectivity index (χ0v) is 11.7. The predicted octanol–water partition coefficient (Wildman–Crippen LogP) is 0.902. The van der Waals surface area contributed by atoms with Gasteiger partial charge in [0.15, 0.2) is 0 Å².